The molecule has 0 rings (SSSR count). The average molecular weight is 1200 g/mol. The molecule has 0 aliphatic heterocycles. The first kappa shape index (κ1) is 63.5. The first-order valence-electron chi connectivity index (χ1n) is 21.0. The van der Waals surface area contributed by atoms with Crippen molar-refractivity contribution in [3.8, 4) is 0 Å². The minimum Gasteiger partial charge on any atom is -0.444 e. The van der Waals surface area contributed by atoms with Crippen LogP contribution in [0.3, 0.4) is 0 Å². The Bertz CT molecular complexity index is 1040. The van der Waals surface area contributed by atoms with Crippen LogP contribution >= 0.6 is 0 Å². The Morgan fingerprint density at radius 1 is 0.200 bits per heavy atom. The highest BCUT2D eigenvalue weighted by Gasteiger charge is 2.28. The van der Waals surface area contributed by atoms with E-state index in [1.54, 1.807) is 0 Å². The number of rotatable bonds is 39. The lowest BCUT2D eigenvalue weighted by Gasteiger charge is -2.28. The molecule has 0 amide bonds. The Morgan fingerprint density at radius 2 is 0.350 bits per heavy atom. The zero-order chi connectivity index (χ0) is 45.9. The van der Waals surface area contributed by atoms with Crippen molar-refractivity contribution < 1.29 is 83.2 Å². The molecular formula is C20H82O20Si20. The molecule has 60 heavy (non-hydrogen) atoms. The van der Waals surface area contributed by atoms with Crippen molar-refractivity contribution >= 4 is 187 Å². The molecule has 0 aromatic carbocycles. The van der Waals surface area contributed by atoms with E-state index in [4.69, 9.17) is 83.2 Å². The minimum atomic E-state index is -1.98. The Hall–Kier alpha value is 3.54. The van der Waals surface area contributed by atoms with Crippen LogP contribution in [0.4, 0.5) is 0 Å². The molecule has 0 radical (unpaired) electrons. The van der Waals surface area contributed by atoms with Gasteiger partial charge in [0.2, 0.25) is 9.76 Å². The topological polar surface area (TPSA) is 185 Å². The van der Waals surface area contributed by atoms with Gasteiger partial charge in [-0.05, 0) is 124 Å². The summed E-state index contributed by atoms with van der Waals surface area (Å²) in [6.45, 7) is 40.3. The Balaban J connectivity index is 4.40. The van der Waals surface area contributed by atoms with Gasteiger partial charge in [-0.2, -0.15) is 0 Å². The van der Waals surface area contributed by atoms with Crippen molar-refractivity contribution in [2.24, 2.45) is 0 Å². The maximum atomic E-state index is 6.24. The summed E-state index contributed by atoms with van der Waals surface area (Å²) in [6, 6.07) is 0. The van der Waals surface area contributed by atoms with Crippen molar-refractivity contribution in [1.82, 2.24) is 0 Å². The summed E-state index contributed by atoms with van der Waals surface area (Å²) >= 11 is 0. The normalized spacial score (nSPS) is 22.0. The van der Waals surface area contributed by atoms with Crippen LogP contribution < -0.4 is 0 Å². The van der Waals surface area contributed by atoms with Gasteiger partial charge in [0.15, 0.2) is 0 Å². The fourth-order valence-corrected chi connectivity index (χ4v) is 60.0. The fraction of sp³-hybridized carbons (Fsp3) is 1.00. The summed E-state index contributed by atoms with van der Waals surface area (Å²) in [5, 5.41) is 0. The first-order valence-corrected chi connectivity index (χ1v) is 62.8. The van der Waals surface area contributed by atoms with Gasteiger partial charge >= 0.3 is 9.28 Å². The molecule has 0 bridgehead atoms. The van der Waals surface area contributed by atoms with Crippen molar-refractivity contribution in [2.75, 3.05) is 0 Å². The van der Waals surface area contributed by atoms with Crippen LogP contribution in [-0.4, -0.2) is 187 Å². The van der Waals surface area contributed by atoms with Gasteiger partial charge in [-0.25, -0.2) is 0 Å². The van der Waals surface area contributed by atoms with Crippen molar-refractivity contribution in [1.29, 1.82) is 0 Å². The molecule has 18 atom stereocenters. The van der Waals surface area contributed by atoms with Crippen molar-refractivity contribution in [3.05, 3.63) is 0 Å². The van der Waals surface area contributed by atoms with Crippen LogP contribution in [-0.2, 0) is 83.2 Å². The predicted octanol–water partition coefficient (Wildman–Crippen LogP) is -3.20. The van der Waals surface area contributed by atoms with E-state index in [9.17, 15) is 0 Å². The third kappa shape index (κ3) is 36.6. The molecule has 40 heteroatoms. The monoisotopic (exact) mass is 1200 g/mol. The molecule has 0 spiro atoms. The summed E-state index contributed by atoms with van der Waals surface area (Å²) in [5.41, 5.74) is 0. The van der Waals surface area contributed by atoms with E-state index in [2.05, 4.69) is 13.1 Å². The molecule has 0 aromatic rings. The van der Waals surface area contributed by atoms with E-state index in [1.807, 2.05) is 118 Å². The Labute approximate surface area is 397 Å². The zero-order valence-electron chi connectivity index (χ0n) is 40.0. The lowest BCUT2D eigenvalue weighted by Crippen LogP contribution is -2.43. The third-order valence-electron chi connectivity index (χ3n) is 7.24. The first-order chi connectivity index (χ1) is 28.0. The zero-order valence-corrected chi connectivity index (χ0v) is 63.6. The molecular weight excluding hydrogens is 1120 g/mol. The standard InChI is InChI=1S/C20H82O20Si20/c1-41-21-22-43(3)24-45(5)26-47(7)28-49(9)30-51(11)32-53(13)34-55(15)36-57(17)38-59(19)40-60(20)39-58(18)37-56(16)35-54(14)33-52(12)31-50(10)29-48(8)27-46(6)25-44(4)23-42-2/h43-60H,41-42H2,1-20H3. The van der Waals surface area contributed by atoms with E-state index in [-0.39, 0.29) is 0 Å². The van der Waals surface area contributed by atoms with E-state index in [0.29, 0.717) is 0 Å². The van der Waals surface area contributed by atoms with E-state index < -0.39 is 187 Å². The summed E-state index contributed by atoms with van der Waals surface area (Å²) in [5.74, 6) is 0. The number of hydrogen-bond donors (Lipinski definition) is 0. The molecule has 20 nitrogen and oxygen atoms in total. The quantitative estimate of drug-likeness (QED) is 0.0341. The molecule has 18 unspecified atom stereocenters. The lowest BCUT2D eigenvalue weighted by atomic mass is 11.9. The van der Waals surface area contributed by atoms with Gasteiger partial charge in [-0.1, -0.05) is 6.55 Å². The van der Waals surface area contributed by atoms with Crippen LogP contribution in [0.25, 0.3) is 0 Å². The molecule has 0 N–H and O–H groups in total. The highest BCUT2D eigenvalue weighted by atomic mass is 28.5. The summed E-state index contributed by atoms with van der Waals surface area (Å²) in [6.07, 6.45) is 0. The Kier molecular flexibility index (Phi) is 39.6. The summed E-state index contributed by atoms with van der Waals surface area (Å²) in [4.78, 5) is 0. The minimum absolute atomic E-state index is 0.460. The van der Waals surface area contributed by atoms with Crippen LogP contribution in [0.1, 0.15) is 0 Å². The second kappa shape index (κ2) is 37.4. The maximum absolute atomic E-state index is 6.24. The van der Waals surface area contributed by atoms with Gasteiger partial charge in [-0.3, -0.25) is 4.58 Å². The third-order valence-corrected chi connectivity index (χ3v) is 63.6. The van der Waals surface area contributed by atoms with Crippen molar-refractivity contribution in [3.63, 3.8) is 0 Å². The molecule has 0 aliphatic carbocycles. The van der Waals surface area contributed by atoms with Gasteiger partial charge in [0, 0.05) is 0 Å². The SMILES string of the molecule is C[SiH2]OO[SiH](C)O[SiH](C)O[SiH](C)O[SiH](C)O[SiH](C)O[SiH](C)O[SiH](C)O[SiH](C)O[SiH](C)O[SiH](C)O[SiH](C)O[SiH](C)O[SiH](C)O[SiH](C)O[SiH](C)O[SiH](C)O[SiH](C)O[SiH](C)O[SiH2]C. The molecule has 0 saturated heterocycles. The van der Waals surface area contributed by atoms with Gasteiger partial charge < -0.3 is 78.6 Å². The summed E-state index contributed by atoms with van der Waals surface area (Å²) in [7, 11) is -35.3. The van der Waals surface area contributed by atoms with Gasteiger partial charge in [0.05, 0.1) is 0 Å². The number of hydrogen-bond acceptors (Lipinski definition) is 20. The molecule has 0 aliphatic rings. The second-order valence-electron chi connectivity index (χ2n) is 13.5. The Morgan fingerprint density at radius 3 is 0.500 bits per heavy atom. The van der Waals surface area contributed by atoms with Crippen LogP contribution in [0.2, 0.25) is 131 Å². The van der Waals surface area contributed by atoms with E-state index in [0.717, 1.165) is 0 Å². The van der Waals surface area contributed by atoms with E-state index in [1.165, 1.54) is 0 Å². The molecule has 0 aromatic heterocycles. The second-order valence-corrected chi connectivity index (χ2v) is 55.3. The fourth-order valence-electron chi connectivity index (χ4n) is 5.56. The average Bonchev–Trinajstić information content (AvgIpc) is 3.05. The van der Waals surface area contributed by atoms with Gasteiger partial charge in [0.1, 0.15) is 9.76 Å². The van der Waals surface area contributed by atoms with Crippen molar-refractivity contribution in [2.45, 2.75) is 131 Å². The van der Waals surface area contributed by atoms with Gasteiger partial charge in [0.25, 0.3) is 158 Å². The predicted molar refractivity (Wildman–Crippen MR) is 285 cm³/mol. The smallest absolute Gasteiger partial charge is 0.346 e. The molecule has 0 heterocycles. The maximum Gasteiger partial charge on any atom is 0.346 e. The summed E-state index contributed by atoms with van der Waals surface area (Å²) < 4.78 is 121. The molecule has 362 valence electrons. The highest BCUT2D eigenvalue weighted by molar-refractivity contribution is 6.74. The highest BCUT2D eigenvalue weighted by Crippen LogP contribution is 2.09. The largest absolute Gasteiger partial charge is 0.444 e. The van der Waals surface area contributed by atoms with E-state index >= 15 is 0 Å². The van der Waals surface area contributed by atoms with Crippen LogP contribution in [0, 0.1) is 0 Å². The van der Waals surface area contributed by atoms with Crippen LogP contribution in [0.15, 0.2) is 0 Å². The molecule has 0 saturated carbocycles. The van der Waals surface area contributed by atoms with Gasteiger partial charge in [-0.15, -0.1) is 0 Å². The lowest BCUT2D eigenvalue weighted by molar-refractivity contribution is -0.117. The molecule has 0 fully saturated rings. The van der Waals surface area contributed by atoms with Crippen LogP contribution in [0.5, 0.6) is 0 Å².